The molecule has 0 aliphatic carbocycles. The Morgan fingerprint density at radius 1 is 0.818 bits per heavy atom. The summed E-state index contributed by atoms with van der Waals surface area (Å²) in [7, 11) is 0. The van der Waals surface area contributed by atoms with Crippen molar-refractivity contribution in [2.24, 2.45) is 0 Å². The summed E-state index contributed by atoms with van der Waals surface area (Å²) in [6.45, 7) is 1.31. The molecule has 168 valence electrons. The van der Waals surface area contributed by atoms with Crippen molar-refractivity contribution in [3.05, 3.63) is 91.0 Å². The molecular formula is C27H24O6. The Balaban J connectivity index is 1.67. The molecule has 0 unspecified atom stereocenters. The van der Waals surface area contributed by atoms with Crippen molar-refractivity contribution in [2.45, 2.75) is 37.6 Å². The Kier molecular flexibility index (Phi) is 7.13. The number of rotatable bonds is 8. The summed E-state index contributed by atoms with van der Waals surface area (Å²) in [6.07, 6.45) is 1.65. The van der Waals surface area contributed by atoms with Crippen molar-refractivity contribution in [1.82, 2.24) is 0 Å². The lowest BCUT2D eigenvalue weighted by Gasteiger charge is -2.27. The molecule has 5 atom stereocenters. The fraction of sp³-hybridized carbons (Fsp3) is 0.222. The number of carbonyl (C=O) groups excluding carboxylic acids is 1. The van der Waals surface area contributed by atoms with Gasteiger partial charge in [0.05, 0.1) is 0 Å². The smallest absolute Gasteiger partial charge is 0.305 e. The summed E-state index contributed by atoms with van der Waals surface area (Å²) < 4.78 is 30.1. The SMILES string of the molecule is C#C[C@H](Oc1ccccc1)[C@@H]1O[C@@H](OC(C)=O)[C@@H](Oc2ccccc2)[C@H]1Oc1ccccc1. The number of terminal acetylenes is 1. The predicted molar refractivity (Wildman–Crippen MR) is 122 cm³/mol. The predicted octanol–water partition coefficient (Wildman–Crippen LogP) is 4.25. The van der Waals surface area contributed by atoms with Gasteiger partial charge in [-0.25, -0.2) is 0 Å². The lowest BCUT2D eigenvalue weighted by molar-refractivity contribution is -0.186. The van der Waals surface area contributed by atoms with Gasteiger partial charge in [0.2, 0.25) is 6.29 Å². The maximum absolute atomic E-state index is 11.8. The molecule has 1 fully saturated rings. The molecule has 1 saturated heterocycles. The average molecular weight is 444 g/mol. The summed E-state index contributed by atoms with van der Waals surface area (Å²) in [5, 5.41) is 0. The van der Waals surface area contributed by atoms with Gasteiger partial charge in [-0.05, 0) is 36.4 Å². The van der Waals surface area contributed by atoms with Gasteiger partial charge in [-0.3, -0.25) is 4.79 Å². The van der Waals surface area contributed by atoms with E-state index in [1.165, 1.54) is 6.92 Å². The van der Waals surface area contributed by atoms with Crippen LogP contribution in [-0.4, -0.2) is 36.7 Å². The van der Waals surface area contributed by atoms with E-state index < -0.39 is 36.7 Å². The molecular weight excluding hydrogens is 420 g/mol. The van der Waals surface area contributed by atoms with Crippen LogP contribution in [0.25, 0.3) is 0 Å². The van der Waals surface area contributed by atoms with Crippen LogP contribution in [0.3, 0.4) is 0 Å². The first-order valence-electron chi connectivity index (χ1n) is 10.6. The Hall–Kier alpha value is -3.95. The molecule has 0 amide bonds. The molecule has 0 radical (unpaired) electrons. The molecule has 0 spiro atoms. The zero-order chi connectivity index (χ0) is 23.0. The summed E-state index contributed by atoms with van der Waals surface area (Å²) in [5.41, 5.74) is 0. The van der Waals surface area contributed by atoms with E-state index >= 15 is 0 Å². The first-order chi connectivity index (χ1) is 16.1. The van der Waals surface area contributed by atoms with E-state index in [2.05, 4.69) is 5.92 Å². The number of hydrogen-bond acceptors (Lipinski definition) is 6. The van der Waals surface area contributed by atoms with Gasteiger partial charge in [-0.1, -0.05) is 60.5 Å². The summed E-state index contributed by atoms with van der Waals surface area (Å²) in [6, 6.07) is 27.6. The quantitative estimate of drug-likeness (QED) is 0.382. The van der Waals surface area contributed by atoms with Crippen LogP contribution in [0, 0.1) is 12.3 Å². The van der Waals surface area contributed by atoms with Crippen molar-refractivity contribution < 1.29 is 28.5 Å². The van der Waals surface area contributed by atoms with Gasteiger partial charge in [0.25, 0.3) is 0 Å². The van der Waals surface area contributed by atoms with E-state index in [9.17, 15) is 4.79 Å². The first-order valence-corrected chi connectivity index (χ1v) is 10.6. The average Bonchev–Trinajstić information content (AvgIpc) is 3.15. The van der Waals surface area contributed by atoms with E-state index in [-0.39, 0.29) is 0 Å². The maximum atomic E-state index is 11.8. The second kappa shape index (κ2) is 10.6. The molecule has 3 aromatic carbocycles. The van der Waals surface area contributed by atoms with Gasteiger partial charge in [0, 0.05) is 6.92 Å². The van der Waals surface area contributed by atoms with Crippen LogP contribution in [0.15, 0.2) is 91.0 Å². The Morgan fingerprint density at radius 2 is 1.30 bits per heavy atom. The molecule has 0 saturated carbocycles. The van der Waals surface area contributed by atoms with Gasteiger partial charge in [-0.15, -0.1) is 6.42 Å². The number of carbonyl (C=O) groups is 1. The molecule has 0 N–H and O–H groups in total. The van der Waals surface area contributed by atoms with E-state index in [0.717, 1.165) is 0 Å². The molecule has 6 nitrogen and oxygen atoms in total. The number of para-hydroxylation sites is 3. The lowest BCUT2D eigenvalue weighted by atomic mass is 10.1. The van der Waals surface area contributed by atoms with Crippen molar-refractivity contribution in [3.63, 3.8) is 0 Å². The van der Waals surface area contributed by atoms with Gasteiger partial charge >= 0.3 is 5.97 Å². The van der Waals surface area contributed by atoms with Gasteiger partial charge in [0.15, 0.2) is 24.4 Å². The van der Waals surface area contributed by atoms with Crippen LogP contribution >= 0.6 is 0 Å². The molecule has 1 heterocycles. The topological polar surface area (TPSA) is 63.2 Å². The van der Waals surface area contributed by atoms with Crippen molar-refractivity contribution in [2.75, 3.05) is 0 Å². The minimum atomic E-state index is -1.04. The molecule has 1 aliphatic rings. The van der Waals surface area contributed by atoms with E-state index in [1.807, 2.05) is 66.7 Å². The molecule has 4 rings (SSSR count). The largest absolute Gasteiger partial charge is 0.483 e. The zero-order valence-corrected chi connectivity index (χ0v) is 18.1. The van der Waals surface area contributed by atoms with Crippen molar-refractivity contribution in [3.8, 4) is 29.6 Å². The van der Waals surface area contributed by atoms with Crippen LogP contribution in [0.5, 0.6) is 17.2 Å². The van der Waals surface area contributed by atoms with Gasteiger partial charge < -0.3 is 23.7 Å². The third-order valence-corrected chi connectivity index (χ3v) is 4.99. The second-order valence-electron chi connectivity index (χ2n) is 7.39. The molecule has 6 heteroatoms. The zero-order valence-electron chi connectivity index (χ0n) is 18.1. The molecule has 0 bridgehead atoms. The van der Waals surface area contributed by atoms with Gasteiger partial charge in [-0.2, -0.15) is 0 Å². The minimum absolute atomic E-state index is 0.512. The number of hydrogen-bond donors (Lipinski definition) is 0. The van der Waals surface area contributed by atoms with E-state index in [1.54, 1.807) is 24.3 Å². The maximum Gasteiger partial charge on any atom is 0.305 e. The van der Waals surface area contributed by atoms with Crippen molar-refractivity contribution in [1.29, 1.82) is 0 Å². The Labute approximate surface area is 193 Å². The van der Waals surface area contributed by atoms with E-state index in [4.69, 9.17) is 30.1 Å². The second-order valence-corrected chi connectivity index (χ2v) is 7.39. The Bertz CT molecular complexity index is 1060. The standard InChI is InChI=1S/C27H24O6/c1-3-23(30-20-13-7-4-8-14-20)24-25(31-21-15-9-5-10-16-21)26(27(33-24)29-19(2)28)32-22-17-11-6-12-18-22/h1,4-18,23-27H,2H3/t23-,24-,25-,26-,27+/m0/s1. The molecule has 3 aromatic rings. The van der Waals surface area contributed by atoms with Crippen molar-refractivity contribution >= 4 is 5.97 Å². The van der Waals surface area contributed by atoms with Crippen LogP contribution < -0.4 is 14.2 Å². The summed E-state index contributed by atoms with van der Waals surface area (Å²) in [5.74, 6) is 3.88. The summed E-state index contributed by atoms with van der Waals surface area (Å²) >= 11 is 0. The number of ether oxygens (including phenoxy) is 5. The van der Waals surface area contributed by atoms with Gasteiger partial charge in [0.1, 0.15) is 17.2 Å². The highest BCUT2D eigenvalue weighted by Crippen LogP contribution is 2.33. The Morgan fingerprint density at radius 3 is 1.79 bits per heavy atom. The highest BCUT2D eigenvalue weighted by atomic mass is 16.7. The molecule has 0 aromatic heterocycles. The first kappa shape index (κ1) is 22.3. The third kappa shape index (κ3) is 5.65. The molecule has 1 aliphatic heterocycles. The lowest BCUT2D eigenvalue weighted by Crippen LogP contribution is -2.47. The number of esters is 1. The third-order valence-electron chi connectivity index (χ3n) is 4.99. The normalized spacial score (nSPS) is 22.5. The number of benzene rings is 3. The summed E-state index contributed by atoms with van der Waals surface area (Å²) in [4.78, 5) is 11.8. The fourth-order valence-electron chi connectivity index (χ4n) is 3.56. The minimum Gasteiger partial charge on any atom is -0.483 e. The molecule has 33 heavy (non-hydrogen) atoms. The van der Waals surface area contributed by atoms with Crippen LogP contribution in [0.4, 0.5) is 0 Å². The van der Waals surface area contributed by atoms with E-state index in [0.29, 0.717) is 17.2 Å². The van der Waals surface area contributed by atoms with Crippen LogP contribution in [0.1, 0.15) is 6.92 Å². The van der Waals surface area contributed by atoms with Crippen LogP contribution in [-0.2, 0) is 14.3 Å². The monoisotopic (exact) mass is 444 g/mol. The highest BCUT2D eigenvalue weighted by Gasteiger charge is 2.53. The highest BCUT2D eigenvalue weighted by molar-refractivity contribution is 5.66. The fourth-order valence-corrected chi connectivity index (χ4v) is 3.56. The van der Waals surface area contributed by atoms with Crippen LogP contribution in [0.2, 0.25) is 0 Å².